The van der Waals surface area contributed by atoms with Crippen molar-refractivity contribution in [3.63, 3.8) is 0 Å². The van der Waals surface area contributed by atoms with E-state index in [0.29, 0.717) is 17.9 Å². The summed E-state index contributed by atoms with van der Waals surface area (Å²) in [5.41, 5.74) is 1.51. The second-order valence-electron chi connectivity index (χ2n) is 4.03. The fourth-order valence-electron chi connectivity index (χ4n) is 1.66. The SMILES string of the molecule is COc1cc(C)c(F)c(OCc2ccccc2)c1. The van der Waals surface area contributed by atoms with Gasteiger partial charge in [0.15, 0.2) is 11.6 Å². The van der Waals surface area contributed by atoms with E-state index in [2.05, 4.69) is 0 Å². The standard InChI is InChI=1S/C15H15FO2/c1-11-8-13(17-2)9-14(15(11)16)18-10-12-6-4-3-5-7-12/h3-9H,10H2,1-2H3. The first-order chi connectivity index (χ1) is 8.70. The van der Waals surface area contributed by atoms with Gasteiger partial charge in [0, 0.05) is 6.07 Å². The summed E-state index contributed by atoms with van der Waals surface area (Å²) >= 11 is 0. The van der Waals surface area contributed by atoms with E-state index >= 15 is 0 Å². The predicted molar refractivity (Wildman–Crippen MR) is 68.5 cm³/mol. The molecule has 0 N–H and O–H groups in total. The minimum absolute atomic E-state index is 0.218. The maximum absolute atomic E-state index is 13.8. The summed E-state index contributed by atoms with van der Waals surface area (Å²) < 4.78 is 24.4. The summed E-state index contributed by atoms with van der Waals surface area (Å²) in [7, 11) is 1.55. The van der Waals surface area contributed by atoms with E-state index in [1.165, 1.54) is 0 Å². The van der Waals surface area contributed by atoms with Crippen LogP contribution >= 0.6 is 0 Å². The van der Waals surface area contributed by atoms with Crippen LogP contribution in [0.4, 0.5) is 4.39 Å². The Morgan fingerprint density at radius 3 is 2.50 bits per heavy atom. The minimum Gasteiger partial charge on any atom is -0.497 e. The van der Waals surface area contributed by atoms with Crippen molar-refractivity contribution < 1.29 is 13.9 Å². The Bertz CT molecular complexity index is 524. The van der Waals surface area contributed by atoms with Crippen LogP contribution in [0, 0.1) is 12.7 Å². The largest absolute Gasteiger partial charge is 0.497 e. The molecule has 0 aliphatic carbocycles. The highest BCUT2D eigenvalue weighted by Gasteiger charge is 2.09. The van der Waals surface area contributed by atoms with Crippen LogP contribution in [0.15, 0.2) is 42.5 Å². The van der Waals surface area contributed by atoms with E-state index in [0.717, 1.165) is 5.56 Å². The topological polar surface area (TPSA) is 18.5 Å². The average molecular weight is 246 g/mol. The third kappa shape index (κ3) is 2.80. The Morgan fingerprint density at radius 1 is 1.11 bits per heavy atom. The van der Waals surface area contributed by atoms with Gasteiger partial charge in [0.05, 0.1) is 7.11 Å². The molecule has 0 aromatic heterocycles. The van der Waals surface area contributed by atoms with Gasteiger partial charge in [0.2, 0.25) is 0 Å². The zero-order valence-corrected chi connectivity index (χ0v) is 10.4. The second-order valence-corrected chi connectivity index (χ2v) is 4.03. The van der Waals surface area contributed by atoms with Gasteiger partial charge in [-0.05, 0) is 24.1 Å². The summed E-state index contributed by atoms with van der Waals surface area (Å²) in [6, 6.07) is 12.9. The highest BCUT2D eigenvalue weighted by molar-refractivity contribution is 5.39. The van der Waals surface area contributed by atoms with E-state index < -0.39 is 0 Å². The van der Waals surface area contributed by atoms with Gasteiger partial charge in [-0.2, -0.15) is 0 Å². The first-order valence-electron chi connectivity index (χ1n) is 5.71. The quantitative estimate of drug-likeness (QED) is 0.818. The van der Waals surface area contributed by atoms with E-state index in [1.54, 1.807) is 26.2 Å². The molecule has 2 aromatic rings. The molecule has 0 bridgehead atoms. The second kappa shape index (κ2) is 5.54. The van der Waals surface area contributed by atoms with E-state index in [4.69, 9.17) is 9.47 Å². The smallest absolute Gasteiger partial charge is 0.168 e. The Balaban J connectivity index is 2.16. The van der Waals surface area contributed by atoms with Crippen LogP contribution in [-0.2, 0) is 6.61 Å². The number of aryl methyl sites for hydroxylation is 1. The molecule has 0 spiro atoms. The first kappa shape index (κ1) is 12.4. The van der Waals surface area contributed by atoms with Crippen molar-refractivity contribution in [2.45, 2.75) is 13.5 Å². The molecule has 0 unspecified atom stereocenters. The molecule has 0 heterocycles. The van der Waals surface area contributed by atoms with E-state index in [1.807, 2.05) is 30.3 Å². The number of ether oxygens (including phenoxy) is 2. The minimum atomic E-state index is -0.341. The summed E-state index contributed by atoms with van der Waals surface area (Å²) in [5.74, 6) is 0.472. The van der Waals surface area contributed by atoms with Crippen molar-refractivity contribution in [1.29, 1.82) is 0 Å². The molecule has 0 saturated heterocycles. The van der Waals surface area contributed by atoms with Gasteiger partial charge >= 0.3 is 0 Å². The molecule has 2 nitrogen and oxygen atoms in total. The fraction of sp³-hybridized carbons (Fsp3) is 0.200. The van der Waals surface area contributed by atoms with Gasteiger partial charge < -0.3 is 9.47 Å². The third-order valence-corrected chi connectivity index (χ3v) is 2.67. The van der Waals surface area contributed by atoms with E-state index in [9.17, 15) is 4.39 Å². The zero-order chi connectivity index (χ0) is 13.0. The van der Waals surface area contributed by atoms with Crippen LogP contribution in [0.5, 0.6) is 11.5 Å². The lowest BCUT2D eigenvalue weighted by Crippen LogP contribution is -1.99. The lowest BCUT2D eigenvalue weighted by Gasteiger charge is -2.11. The Kier molecular flexibility index (Phi) is 3.82. The van der Waals surface area contributed by atoms with Crippen molar-refractivity contribution in [2.24, 2.45) is 0 Å². The van der Waals surface area contributed by atoms with Crippen LogP contribution in [0.25, 0.3) is 0 Å². The summed E-state index contributed by atoms with van der Waals surface area (Å²) in [5, 5.41) is 0. The van der Waals surface area contributed by atoms with Crippen LogP contribution < -0.4 is 9.47 Å². The number of hydrogen-bond donors (Lipinski definition) is 0. The Hall–Kier alpha value is -2.03. The molecule has 2 aromatic carbocycles. The molecule has 0 amide bonds. The number of halogens is 1. The molecular weight excluding hydrogens is 231 g/mol. The molecule has 0 radical (unpaired) electrons. The number of rotatable bonds is 4. The molecule has 0 aliphatic rings. The van der Waals surface area contributed by atoms with Gasteiger partial charge in [0.1, 0.15) is 12.4 Å². The number of methoxy groups -OCH3 is 1. The van der Waals surface area contributed by atoms with E-state index in [-0.39, 0.29) is 11.6 Å². The fourth-order valence-corrected chi connectivity index (χ4v) is 1.66. The lowest BCUT2D eigenvalue weighted by atomic mass is 10.2. The van der Waals surface area contributed by atoms with Crippen molar-refractivity contribution in [2.75, 3.05) is 7.11 Å². The average Bonchev–Trinajstić information content (AvgIpc) is 2.41. The Morgan fingerprint density at radius 2 is 1.83 bits per heavy atom. The van der Waals surface area contributed by atoms with Gasteiger partial charge in [-0.3, -0.25) is 0 Å². The third-order valence-electron chi connectivity index (χ3n) is 2.67. The number of hydrogen-bond acceptors (Lipinski definition) is 2. The molecule has 2 rings (SSSR count). The van der Waals surface area contributed by atoms with Crippen LogP contribution in [-0.4, -0.2) is 7.11 Å². The van der Waals surface area contributed by atoms with Crippen molar-refractivity contribution in [3.8, 4) is 11.5 Å². The first-order valence-corrected chi connectivity index (χ1v) is 5.71. The predicted octanol–water partition coefficient (Wildman–Crippen LogP) is 3.72. The molecule has 0 fully saturated rings. The molecule has 3 heteroatoms. The van der Waals surface area contributed by atoms with Gasteiger partial charge in [-0.25, -0.2) is 4.39 Å². The van der Waals surface area contributed by atoms with Gasteiger partial charge in [-0.15, -0.1) is 0 Å². The van der Waals surface area contributed by atoms with Crippen molar-refractivity contribution >= 4 is 0 Å². The normalized spacial score (nSPS) is 10.2. The summed E-state index contributed by atoms with van der Waals surface area (Å²) in [6.07, 6.45) is 0. The molecule has 0 aliphatic heterocycles. The maximum atomic E-state index is 13.8. The summed E-state index contributed by atoms with van der Waals surface area (Å²) in [6.45, 7) is 2.03. The lowest BCUT2D eigenvalue weighted by molar-refractivity contribution is 0.287. The van der Waals surface area contributed by atoms with Crippen molar-refractivity contribution in [1.82, 2.24) is 0 Å². The van der Waals surface area contributed by atoms with Crippen LogP contribution in [0.1, 0.15) is 11.1 Å². The van der Waals surface area contributed by atoms with Crippen LogP contribution in [0.2, 0.25) is 0 Å². The maximum Gasteiger partial charge on any atom is 0.168 e. The molecule has 18 heavy (non-hydrogen) atoms. The van der Waals surface area contributed by atoms with Crippen molar-refractivity contribution in [3.05, 3.63) is 59.4 Å². The molecular formula is C15H15FO2. The van der Waals surface area contributed by atoms with Gasteiger partial charge in [-0.1, -0.05) is 30.3 Å². The zero-order valence-electron chi connectivity index (χ0n) is 10.4. The highest BCUT2D eigenvalue weighted by atomic mass is 19.1. The van der Waals surface area contributed by atoms with Crippen LogP contribution in [0.3, 0.4) is 0 Å². The van der Waals surface area contributed by atoms with Gasteiger partial charge in [0.25, 0.3) is 0 Å². The summed E-state index contributed by atoms with van der Waals surface area (Å²) in [4.78, 5) is 0. The number of benzene rings is 2. The molecule has 0 atom stereocenters. The highest BCUT2D eigenvalue weighted by Crippen LogP contribution is 2.27. The Labute approximate surface area is 106 Å². The molecule has 0 saturated carbocycles. The monoisotopic (exact) mass is 246 g/mol. The molecule has 94 valence electrons.